The van der Waals surface area contributed by atoms with Gasteiger partial charge in [0.15, 0.2) is 0 Å². The van der Waals surface area contributed by atoms with Crippen LogP contribution in [0.15, 0.2) is 206 Å². The fraction of sp³-hybridized carbons (Fsp3) is 0. The summed E-state index contributed by atoms with van der Waals surface area (Å²) in [7, 11) is 0. The second-order valence-electron chi connectivity index (χ2n) is 13.4. The number of para-hydroxylation sites is 4. The fourth-order valence-electron chi connectivity index (χ4n) is 7.42. The first-order valence-electron chi connectivity index (χ1n) is 18.2. The van der Waals surface area contributed by atoms with E-state index >= 15 is 0 Å². The van der Waals surface area contributed by atoms with E-state index in [1.807, 2.05) is 22.7 Å². The molecular formula is C50H34N2S2. The van der Waals surface area contributed by atoms with Crippen molar-refractivity contribution in [2.24, 2.45) is 0 Å². The highest BCUT2D eigenvalue weighted by molar-refractivity contribution is 7.36. The fourth-order valence-corrected chi connectivity index (χ4v) is 10.2. The minimum atomic E-state index is 1.14. The molecule has 0 aliphatic heterocycles. The average molecular weight is 727 g/mol. The molecule has 2 heterocycles. The Labute approximate surface area is 323 Å². The summed E-state index contributed by atoms with van der Waals surface area (Å²) in [5.74, 6) is 0. The Bertz CT molecular complexity index is 2570. The molecule has 10 rings (SSSR count). The summed E-state index contributed by atoms with van der Waals surface area (Å²) >= 11 is 3.82. The lowest BCUT2D eigenvalue weighted by Crippen LogP contribution is -2.09. The molecule has 2 nitrogen and oxygen atoms in total. The maximum Gasteiger partial charge on any atom is 0.0542 e. The van der Waals surface area contributed by atoms with Gasteiger partial charge in [0, 0.05) is 54.3 Å². The molecule has 0 atom stereocenters. The van der Waals surface area contributed by atoms with Gasteiger partial charge in [-0.1, -0.05) is 121 Å². The van der Waals surface area contributed by atoms with Gasteiger partial charge >= 0.3 is 0 Å². The molecule has 8 aromatic carbocycles. The van der Waals surface area contributed by atoms with Crippen molar-refractivity contribution in [3.8, 4) is 22.3 Å². The van der Waals surface area contributed by atoms with Crippen molar-refractivity contribution in [3.05, 3.63) is 206 Å². The quantitative estimate of drug-likeness (QED) is 0.154. The van der Waals surface area contributed by atoms with E-state index in [0.29, 0.717) is 0 Å². The third kappa shape index (κ3) is 5.92. The van der Waals surface area contributed by atoms with Gasteiger partial charge in [-0.25, -0.2) is 0 Å². The van der Waals surface area contributed by atoms with E-state index in [-0.39, 0.29) is 0 Å². The maximum atomic E-state index is 2.36. The highest BCUT2D eigenvalue weighted by Crippen LogP contribution is 2.46. The number of hydrogen-bond donors (Lipinski definition) is 0. The van der Waals surface area contributed by atoms with Crippen molar-refractivity contribution < 1.29 is 0 Å². The molecular weight excluding hydrogens is 693 g/mol. The van der Waals surface area contributed by atoms with E-state index in [0.717, 1.165) is 34.1 Å². The predicted molar refractivity (Wildman–Crippen MR) is 235 cm³/mol. The van der Waals surface area contributed by atoms with E-state index in [1.54, 1.807) is 0 Å². The molecule has 0 N–H and O–H groups in total. The third-order valence-electron chi connectivity index (χ3n) is 10.1. The van der Waals surface area contributed by atoms with E-state index in [2.05, 4.69) is 216 Å². The molecule has 0 bridgehead atoms. The number of fused-ring (bicyclic) bond motifs is 5. The lowest BCUT2D eigenvalue weighted by atomic mass is 10.0. The third-order valence-corrected chi connectivity index (χ3v) is 12.6. The molecule has 256 valence electrons. The van der Waals surface area contributed by atoms with Gasteiger partial charge in [0.25, 0.3) is 0 Å². The Kier molecular flexibility index (Phi) is 8.25. The van der Waals surface area contributed by atoms with E-state index in [1.165, 1.54) is 51.8 Å². The van der Waals surface area contributed by atoms with Gasteiger partial charge in [0.2, 0.25) is 0 Å². The zero-order valence-corrected chi connectivity index (χ0v) is 31.0. The number of benzene rings is 8. The number of rotatable bonds is 8. The Hall–Kier alpha value is -6.46. The van der Waals surface area contributed by atoms with Crippen LogP contribution in [0, 0.1) is 0 Å². The molecule has 10 aromatic rings. The number of nitrogens with zero attached hydrogens (tertiary/aromatic N) is 2. The topological polar surface area (TPSA) is 6.48 Å². The van der Waals surface area contributed by atoms with Crippen molar-refractivity contribution in [2.45, 2.75) is 0 Å². The second-order valence-corrected chi connectivity index (χ2v) is 15.5. The minimum absolute atomic E-state index is 1.14. The van der Waals surface area contributed by atoms with E-state index in [9.17, 15) is 0 Å². The molecule has 54 heavy (non-hydrogen) atoms. The molecule has 0 spiro atoms. The largest absolute Gasteiger partial charge is 0.311 e. The molecule has 0 unspecified atom stereocenters. The molecule has 0 saturated carbocycles. The lowest BCUT2D eigenvalue weighted by molar-refractivity contribution is 1.28. The van der Waals surface area contributed by atoms with Gasteiger partial charge < -0.3 is 9.80 Å². The van der Waals surface area contributed by atoms with Gasteiger partial charge in [0.1, 0.15) is 0 Å². The maximum absolute atomic E-state index is 2.36. The van der Waals surface area contributed by atoms with Crippen molar-refractivity contribution in [3.63, 3.8) is 0 Å². The molecule has 0 radical (unpaired) electrons. The van der Waals surface area contributed by atoms with Gasteiger partial charge in [-0.05, 0) is 107 Å². The molecule has 0 aliphatic rings. The van der Waals surface area contributed by atoms with Crippen molar-refractivity contribution in [1.29, 1.82) is 0 Å². The Balaban J connectivity index is 0.939. The van der Waals surface area contributed by atoms with Crippen molar-refractivity contribution >= 4 is 86.4 Å². The molecule has 0 amide bonds. The predicted octanol–water partition coefficient (Wildman–Crippen LogP) is 15.5. The van der Waals surface area contributed by atoms with Gasteiger partial charge in [-0.3, -0.25) is 0 Å². The number of anilines is 6. The van der Waals surface area contributed by atoms with Gasteiger partial charge in [-0.15, -0.1) is 22.7 Å². The Morgan fingerprint density at radius 2 is 0.537 bits per heavy atom. The van der Waals surface area contributed by atoms with E-state index < -0.39 is 0 Å². The van der Waals surface area contributed by atoms with Crippen LogP contribution in [-0.2, 0) is 0 Å². The zero-order valence-electron chi connectivity index (χ0n) is 29.3. The first kappa shape index (κ1) is 32.2. The lowest BCUT2D eigenvalue weighted by Gasteiger charge is -2.25. The van der Waals surface area contributed by atoms with Gasteiger partial charge in [-0.2, -0.15) is 0 Å². The summed E-state index contributed by atoms with van der Waals surface area (Å²) < 4.78 is 5.41. The summed E-state index contributed by atoms with van der Waals surface area (Å²) in [5.41, 5.74) is 11.7. The van der Waals surface area contributed by atoms with Crippen LogP contribution in [0.4, 0.5) is 34.1 Å². The van der Waals surface area contributed by atoms with E-state index in [4.69, 9.17) is 0 Å². The number of thiophene rings is 2. The Morgan fingerprint density at radius 1 is 0.259 bits per heavy atom. The smallest absolute Gasteiger partial charge is 0.0542 e. The van der Waals surface area contributed by atoms with Crippen molar-refractivity contribution in [1.82, 2.24) is 0 Å². The summed E-state index contributed by atoms with van der Waals surface area (Å²) in [5, 5.41) is 2.67. The SMILES string of the molecule is c1ccc(N(c2ccccc2)c2ccc(-c3ccc4c(c3)sc3c5ccc(-c6ccc(N(c7ccccc7)c7ccccc7)cc6)cc5sc43)cc2)cc1. The van der Waals surface area contributed by atoms with Gasteiger partial charge in [0.05, 0.1) is 9.40 Å². The number of hydrogen-bond acceptors (Lipinski definition) is 4. The highest BCUT2D eigenvalue weighted by Gasteiger charge is 2.16. The zero-order chi connectivity index (χ0) is 35.8. The van der Waals surface area contributed by atoms with Crippen molar-refractivity contribution in [2.75, 3.05) is 9.80 Å². The molecule has 0 aliphatic carbocycles. The second kappa shape index (κ2) is 13.8. The normalized spacial score (nSPS) is 11.3. The Morgan fingerprint density at radius 3 is 0.852 bits per heavy atom. The van der Waals surface area contributed by atoms with Crippen LogP contribution in [0.25, 0.3) is 51.8 Å². The van der Waals surface area contributed by atoms with Crippen LogP contribution in [0.3, 0.4) is 0 Å². The summed E-state index contributed by atoms with van der Waals surface area (Å²) in [6, 6.07) is 74.1. The molecule has 2 aromatic heterocycles. The molecule has 0 fully saturated rings. The van der Waals surface area contributed by atoms with Crippen LogP contribution in [0.1, 0.15) is 0 Å². The first-order chi connectivity index (χ1) is 26.8. The average Bonchev–Trinajstić information content (AvgIpc) is 3.78. The van der Waals surface area contributed by atoms with Crippen LogP contribution in [0.2, 0.25) is 0 Å². The molecule has 4 heteroatoms. The highest BCUT2D eigenvalue weighted by atomic mass is 32.1. The monoisotopic (exact) mass is 726 g/mol. The standard InChI is InChI=1S/C50H34N2S2/c1-5-13-39(14-6-1)51(40-15-7-2-8-16-40)43-27-21-35(22-28-43)37-25-31-45-47(33-37)53-50-46-32-26-38(34-48(46)54-49(45)50)36-23-29-44(30-24-36)52(41-17-9-3-10-18-41)42-19-11-4-12-20-42/h1-34H. The van der Waals surface area contributed by atoms with Crippen LogP contribution < -0.4 is 9.80 Å². The van der Waals surface area contributed by atoms with Crippen LogP contribution >= 0.6 is 22.7 Å². The summed E-state index contributed by atoms with van der Waals surface area (Å²) in [6.45, 7) is 0. The summed E-state index contributed by atoms with van der Waals surface area (Å²) in [6.07, 6.45) is 0. The minimum Gasteiger partial charge on any atom is -0.311 e. The van der Waals surface area contributed by atoms with Crippen LogP contribution in [0.5, 0.6) is 0 Å². The summed E-state index contributed by atoms with van der Waals surface area (Å²) in [4.78, 5) is 4.61. The first-order valence-corrected chi connectivity index (χ1v) is 19.8. The van der Waals surface area contributed by atoms with Crippen LogP contribution in [-0.4, -0.2) is 0 Å². The molecule has 0 saturated heterocycles.